The molecule has 0 aliphatic rings. The van der Waals surface area contributed by atoms with E-state index >= 15 is 0 Å². The molecule has 0 spiro atoms. The van der Waals surface area contributed by atoms with Crippen molar-refractivity contribution < 1.29 is 17.7 Å². The highest BCUT2D eigenvalue weighted by Crippen LogP contribution is 2.20. The Balaban J connectivity index is 1.81. The van der Waals surface area contributed by atoms with Crippen LogP contribution in [0.3, 0.4) is 0 Å². The molecule has 1 aromatic heterocycles. The second-order valence-corrected chi connectivity index (χ2v) is 8.90. The Morgan fingerprint density at radius 2 is 1.76 bits per heavy atom. The molecule has 0 bridgehead atoms. The normalized spacial score (nSPS) is 11.9. The van der Waals surface area contributed by atoms with Gasteiger partial charge >= 0.3 is 0 Å². The van der Waals surface area contributed by atoms with Crippen molar-refractivity contribution >= 4 is 21.6 Å². The van der Waals surface area contributed by atoms with Crippen LogP contribution in [0.4, 0.5) is 5.69 Å². The minimum absolute atomic E-state index is 0.0149. The van der Waals surface area contributed by atoms with Gasteiger partial charge in [-0.3, -0.25) is 9.52 Å². The minimum Gasteiger partial charge on any atom is -0.340 e. The number of nitrogens with zero attached hydrogens (tertiary/aromatic N) is 2. The largest absolute Gasteiger partial charge is 0.340 e. The van der Waals surface area contributed by atoms with E-state index in [0.29, 0.717) is 17.4 Å². The lowest BCUT2D eigenvalue weighted by Gasteiger charge is -2.22. The molecule has 0 radical (unpaired) electrons. The molecule has 0 aliphatic heterocycles. The van der Waals surface area contributed by atoms with Gasteiger partial charge in [-0.15, -0.1) is 0 Å². The summed E-state index contributed by atoms with van der Waals surface area (Å²) in [5.74, 6) is 0.260. The predicted octanol–water partition coefficient (Wildman–Crippen LogP) is 3.15. The van der Waals surface area contributed by atoms with Crippen LogP contribution in [0.2, 0.25) is 0 Å². The number of sulfonamides is 1. The van der Waals surface area contributed by atoms with Gasteiger partial charge in [-0.25, -0.2) is 8.42 Å². The number of carbonyl (C=O) groups excluding carboxylic acids is 1. The fraction of sp³-hybridized carbons (Fsp3) is 0.250. The Labute approximate surface area is 169 Å². The monoisotopic (exact) mass is 414 g/mol. The molecule has 152 valence electrons. The Morgan fingerprint density at radius 3 is 2.38 bits per heavy atom. The maximum atomic E-state index is 12.7. The van der Waals surface area contributed by atoms with Crippen molar-refractivity contribution in [3.63, 3.8) is 0 Å². The van der Waals surface area contributed by atoms with Gasteiger partial charge in [0.2, 0.25) is 5.89 Å². The van der Waals surface area contributed by atoms with E-state index in [4.69, 9.17) is 4.52 Å². The molecule has 2 N–H and O–H groups in total. The number of amides is 1. The summed E-state index contributed by atoms with van der Waals surface area (Å²) in [5, 5.41) is 6.63. The molecule has 0 saturated carbocycles. The summed E-state index contributed by atoms with van der Waals surface area (Å²) in [6, 6.07) is 12.8. The molecule has 0 atom stereocenters. The van der Waals surface area contributed by atoms with Crippen molar-refractivity contribution in [1.29, 1.82) is 0 Å². The zero-order valence-corrected chi connectivity index (χ0v) is 17.4. The zero-order valence-electron chi connectivity index (χ0n) is 16.6. The lowest BCUT2D eigenvalue weighted by molar-refractivity contribution is 0.0907. The van der Waals surface area contributed by atoms with E-state index in [1.54, 1.807) is 32.9 Å². The van der Waals surface area contributed by atoms with Crippen molar-refractivity contribution in [1.82, 2.24) is 15.5 Å². The van der Waals surface area contributed by atoms with Crippen LogP contribution in [-0.4, -0.2) is 24.5 Å². The summed E-state index contributed by atoms with van der Waals surface area (Å²) in [5.41, 5.74) is 0.763. The highest BCUT2D eigenvalue weighted by Gasteiger charge is 2.29. The smallest absolute Gasteiger partial charge is 0.261 e. The number of hydrogen-bond donors (Lipinski definition) is 2. The van der Waals surface area contributed by atoms with Gasteiger partial charge in [0, 0.05) is 18.2 Å². The van der Waals surface area contributed by atoms with E-state index in [1.165, 1.54) is 24.3 Å². The predicted molar refractivity (Wildman–Crippen MR) is 108 cm³/mol. The van der Waals surface area contributed by atoms with Gasteiger partial charge in [-0.2, -0.15) is 4.98 Å². The van der Waals surface area contributed by atoms with E-state index < -0.39 is 21.5 Å². The maximum absolute atomic E-state index is 12.7. The SMILES string of the molecule is Cc1ccc(NS(=O)(=O)c2cccc(C(=O)NC(C)(C)c3noc(C)n3)c2)cc1. The molecule has 0 fully saturated rings. The number of rotatable bonds is 6. The average molecular weight is 414 g/mol. The molecule has 9 heteroatoms. The molecular formula is C20H22N4O4S. The van der Waals surface area contributed by atoms with Gasteiger partial charge < -0.3 is 9.84 Å². The van der Waals surface area contributed by atoms with Crippen LogP contribution in [0, 0.1) is 13.8 Å². The van der Waals surface area contributed by atoms with Crippen molar-refractivity contribution in [2.45, 2.75) is 38.1 Å². The zero-order chi connectivity index (χ0) is 21.2. The molecule has 29 heavy (non-hydrogen) atoms. The summed E-state index contributed by atoms with van der Waals surface area (Å²) in [4.78, 5) is 16.8. The fourth-order valence-corrected chi connectivity index (χ4v) is 3.71. The number of hydrogen-bond acceptors (Lipinski definition) is 6. The van der Waals surface area contributed by atoms with Gasteiger partial charge in [0.25, 0.3) is 15.9 Å². The quantitative estimate of drug-likeness (QED) is 0.640. The van der Waals surface area contributed by atoms with Crippen LogP contribution >= 0.6 is 0 Å². The minimum atomic E-state index is -3.84. The molecule has 0 aliphatic carbocycles. The molecule has 8 nitrogen and oxygen atoms in total. The lowest BCUT2D eigenvalue weighted by atomic mass is 10.0. The third-order valence-electron chi connectivity index (χ3n) is 4.22. The second-order valence-electron chi connectivity index (χ2n) is 7.22. The topological polar surface area (TPSA) is 114 Å². The van der Waals surface area contributed by atoms with Crippen LogP contribution in [0.15, 0.2) is 57.9 Å². The van der Waals surface area contributed by atoms with Gasteiger partial charge in [0.1, 0.15) is 0 Å². The summed E-state index contributed by atoms with van der Waals surface area (Å²) in [6.07, 6.45) is 0. The number of aryl methyl sites for hydroxylation is 2. The first kappa shape index (κ1) is 20.5. The Hall–Kier alpha value is -3.20. The summed E-state index contributed by atoms with van der Waals surface area (Å²) in [7, 11) is -3.84. The Kier molecular flexibility index (Phi) is 5.43. The summed E-state index contributed by atoms with van der Waals surface area (Å²) < 4.78 is 32.9. The van der Waals surface area contributed by atoms with Crippen molar-refractivity contribution in [2.24, 2.45) is 0 Å². The molecule has 2 aromatic carbocycles. The van der Waals surface area contributed by atoms with Crippen LogP contribution in [0.25, 0.3) is 0 Å². The van der Waals surface area contributed by atoms with Crippen LogP contribution in [0.5, 0.6) is 0 Å². The summed E-state index contributed by atoms with van der Waals surface area (Å²) in [6.45, 7) is 7.03. The highest BCUT2D eigenvalue weighted by atomic mass is 32.2. The second kappa shape index (κ2) is 7.67. The van der Waals surface area contributed by atoms with Crippen molar-refractivity contribution in [2.75, 3.05) is 4.72 Å². The van der Waals surface area contributed by atoms with Gasteiger partial charge in [0.15, 0.2) is 5.82 Å². The number of carbonyl (C=O) groups is 1. The van der Waals surface area contributed by atoms with E-state index in [-0.39, 0.29) is 10.5 Å². The van der Waals surface area contributed by atoms with E-state index in [1.807, 2.05) is 19.1 Å². The van der Waals surface area contributed by atoms with E-state index in [0.717, 1.165) is 5.56 Å². The third-order valence-corrected chi connectivity index (χ3v) is 5.60. The number of benzene rings is 2. The molecule has 0 unspecified atom stereocenters. The summed E-state index contributed by atoms with van der Waals surface area (Å²) >= 11 is 0. The van der Waals surface area contributed by atoms with Crippen LogP contribution in [0.1, 0.15) is 41.5 Å². The first-order valence-electron chi connectivity index (χ1n) is 8.90. The number of aromatic nitrogens is 2. The molecule has 1 heterocycles. The van der Waals surface area contributed by atoms with Crippen LogP contribution < -0.4 is 10.0 Å². The molecule has 3 aromatic rings. The third kappa shape index (κ3) is 4.80. The van der Waals surface area contributed by atoms with E-state index in [9.17, 15) is 13.2 Å². The highest BCUT2D eigenvalue weighted by molar-refractivity contribution is 7.92. The first-order chi connectivity index (χ1) is 13.6. The number of nitrogens with one attached hydrogen (secondary N) is 2. The van der Waals surface area contributed by atoms with Crippen LogP contribution in [-0.2, 0) is 15.6 Å². The van der Waals surface area contributed by atoms with Crippen molar-refractivity contribution in [3.8, 4) is 0 Å². The van der Waals surface area contributed by atoms with E-state index in [2.05, 4.69) is 20.2 Å². The standard InChI is InChI=1S/C20H22N4O4S/c1-13-8-10-16(11-9-13)24-29(26,27)17-7-5-6-15(12-17)18(25)22-20(3,4)19-21-14(2)28-23-19/h5-12,24H,1-4H3,(H,22,25). The first-order valence-corrected chi connectivity index (χ1v) is 10.4. The Morgan fingerprint density at radius 1 is 1.07 bits per heavy atom. The molecule has 0 saturated heterocycles. The maximum Gasteiger partial charge on any atom is 0.261 e. The fourth-order valence-electron chi connectivity index (χ4n) is 2.61. The average Bonchev–Trinajstić information content (AvgIpc) is 3.11. The van der Waals surface area contributed by atoms with Gasteiger partial charge in [0.05, 0.1) is 10.4 Å². The lowest BCUT2D eigenvalue weighted by Crippen LogP contribution is -2.41. The number of anilines is 1. The van der Waals surface area contributed by atoms with Gasteiger partial charge in [-0.1, -0.05) is 28.9 Å². The molecule has 3 rings (SSSR count). The van der Waals surface area contributed by atoms with Gasteiger partial charge in [-0.05, 0) is 51.1 Å². The molecule has 1 amide bonds. The van der Waals surface area contributed by atoms with Crippen molar-refractivity contribution in [3.05, 3.63) is 71.4 Å². The molecular weight excluding hydrogens is 392 g/mol. The Bertz CT molecular complexity index is 1140.